The van der Waals surface area contributed by atoms with Gasteiger partial charge in [0.1, 0.15) is 24.4 Å². The van der Waals surface area contributed by atoms with E-state index in [0.717, 1.165) is 31.3 Å². The van der Waals surface area contributed by atoms with E-state index in [2.05, 4.69) is 13.8 Å². The van der Waals surface area contributed by atoms with Gasteiger partial charge in [-0.15, -0.1) is 0 Å². The maximum Gasteiger partial charge on any atom is 0.228 e. The van der Waals surface area contributed by atoms with Gasteiger partial charge < -0.3 is 29.9 Å². The molecule has 2 fully saturated rings. The molecule has 158 valence electrons. The molecule has 0 aromatic carbocycles. The number of ether oxygens (including phenoxy) is 2. The third kappa shape index (κ3) is 3.78. The number of carbonyl (C=O) groups excluding carboxylic acids is 1. The average molecular weight is 396 g/mol. The maximum absolute atomic E-state index is 12.7. The van der Waals surface area contributed by atoms with Gasteiger partial charge in [-0.1, -0.05) is 19.4 Å². The molecule has 0 bridgehead atoms. The summed E-state index contributed by atoms with van der Waals surface area (Å²) in [6.07, 6.45) is 0.512. The highest BCUT2D eigenvalue weighted by Crippen LogP contribution is 2.52. The van der Waals surface area contributed by atoms with Crippen molar-refractivity contribution in [1.29, 1.82) is 0 Å². The van der Waals surface area contributed by atoms with Gasteiger partial charge in [0, 0.05) is 5.92 Å². The summed E-state index contributed by atoms with van der Waals surface area (Å²) in [4.78, 5) is 12.7. The molecule has 8 atom stereocenters. The molecule has 0 aromatic heterocycles. The van der Waals surface area contributed by atoms with Crippen LogP contribution in [0.3, 0.4) is 0 Å². The summed E-state index contributed by atoms with van der Waals surface area (Å²) in [5.74, 6) is 0.258. The number of rotatable bonds is 4. The molecule has 0 amide bonds. The minimum Gasteiger partial charge on any atom is -0.470 e. The minimum atomic E-state index is -1.49. The lowest BCUT2D eigenvalue weighted by molar-refractivity contribution is -0.288. The number of hydrogen-bond acceptors (Lipinski definition) is 7. The maximum atomic E-state index is 12.7. The molecule has 4 N–H and O–H groups in total. The second kappa shape index (κ2) is 8.24. The van der Waals surface area contributed by atoms with Gasteiger partial charge in [0.2, 0.25) is 6.29 Å². The highest BCUT2D eigenvalue weighted by molar-refractivity contribution is 5.95. The van der Waals surface area contributed by atoms with Crippen LogP contribution in [0, 0.1) is 17.3 Å². The molecule has 0 unspecified atom stereocenters. The van der Waals surface area contributed by atoms with Crippen molar-refractivity contribution in [2.24, 2.45) is 17.3 Å². The van der Waals surface area contributed by atoms with Crippen molar-refractivity contribution in [1.82, 2.24) is 0 Å². The summed E-state index contributed by atoms with van der Waals surface area (Å²) in [5.41, 5.74) is 1.96. The first-order valence-electron chi connectivity index (χ1n) is 10.1. The summed E-state index contributed by atoms with van der Waals surface area (Å²) in [6, 6.07) is 0. The Hall–Kier alpha value is -1.25. The molecule has 1 aliphatic heterocycles. The highest BCUT2D eigenvalue weighted by atomic mass is 16.7. The third-order valence-corrected chi connectivity index (χ3v) is 6.98. The van der Waals surface area contributed by atoms with E-state index in [0.29, 0.717) is 5.92 Å². The van der Waals surface area contributed by atoms with Crippen molar-refractivity contribution in [3.63, 3.8) is 0 Å². The molecule has 7 heteroatoms. The SMILES string of the molecule is CC(=CO[C@@H]1O[C@H](CO)[C@@H](O)[C@H](O)[C@H]1O)[C@H]1C[C@@]2(C)C(=CC1=O)CCC[C@@H]2C. The average Bonchev–Trinajstić information content (AvgIpc) is 2.67. The van der Waals surface area contributed by atoms with Crippen LogP contribution in [0.5, 0.6) is 0 Å². The predicted molar refractivity (Wildman–Crippen MR) is 101 cm³/mol. The van der Waals surface area contributed by atoms with Crippen LogP contribution < -0.4 is 0 Å². The van der Waals surface area contributed by atoms with Crippen molar-refractivity contribution < 1.29 is 34.7 Å². The predicted octanol–water partition coefficient (Wildman–Crippen LogP) is 1.05. The topological polar surface area (TPSA) is 116 Å². The number of allylic oxidation sites excluding steroid dienone is 3. The van der Waals surface area contributed by atoms with Crippen molar-refractivity contribution in [3.8, 4) is 0 Å². The number of ketones is 1. The second-order valence-electron chi connectivity index (χ2n) is 8.73. The summed E-state index contributed by atoms with van der Waals surface area (Å²) in [6.45, 7) is 5.76. The van der Waals surface area contributed by atoms with Crippen molar-refractivity contribution in [2.45, 2.75) is 77.2 Å². The Bertz CT molecular complexity index is 655. The van der Waals surface area contributed by atoms with E-state index in [-0.39, 0.29) is 17.1 Å². The largest absolute Gasteiger partial charge is 0.470 e. The fraction of sp³-hybridized carbons (Fsp3) is 0.762. The van der Waals surface area contributed by atoms with Crippen molar-refractivity contribution in [2.75, 3.05) is 6.61 Å². The molecule has 1 saturated carbocycles. The van der Waals surface area contributed by atoms with E-state index in [9.17, 15) is 25.2 Å². The lowest BCUT2D eigenvalue weighted by Gasteiger charge is -2.46. The number of hydrogen-bond donors (Lipinski definition) is 4. The van der Waals surface area contributed by atoms with Crippen LogP contribution in [0.1, 0.15) is 46.5 Å². The molecule has 7 nitrogen and oxygen atoms in total. The monoisotopic (exact) mass is 396 g/mol. The van der Waals surface area contributed by atoms with Gasteiger partial charge in [-0.25, -0.2) is 0 Å². The smallest absolute Gasteiger partial charge is 0.228 e. The van der Waals surface area contributed by atoms with E-state index in [1.807, 2.05) is 6.92 Å². The van der Waals surface area contributed by atoms with E-state index in [4.69, 9.17) is 9.47 Å². The lowest BCUT2D eigenvalue weighted by Crippen LogP contribution is -2.58. The quantitative estimate of drug-likeness (QED) is 0.525. The zero-order chi connectivity index (χ0) is 20.6. The van der Waals surface area contributed by atoms with Gasteiger partial charge in [0.05, 0.1) is 12.9 Å². The highest BCUT2D eigenvalue weighted by Gasteiger charge is 2.46. The molecule has 0 radical (unpaired) electrons. The molecule has 0 aromatic rings. The first kappa shape index (κ1) is 21.5. The summed E-state index contributed by atoms with van der Waals surface area (Å²) in [5, 5.41) is 39.0. The lowest BCUT2D eigenvalue weighted by atomic mass is 9.58. The van der Waals surface area contributed by atoms with E-state index in [1.165, 1.54) is 11.8 Å². The molecule has 28 heavy (non-hydrogen) atoms. The second-order valence-corrected chi connectivity index (χ2v) is 8.73. The van der Waals surface area contributed by atoms with Gasteiger partial charge in [-0.2, -0.15) is 0 Å². The first-order valence-corrected chi connectivity index (χ1v) is 10.1. The molecular weight excluding hydrogens is 364 g/mol. The number of carbonyl (C=O) groups is 1. The summed E-state index contributed by atoms with van der Waals surface area (Å²) in [7, 11) is 0. The molecule has 1 heterocycles. The van der Waals surface area contributed by atoms with Crippen LogP contribution in [0.4, 0.5) is 0 Å². The standard InChI is InChI=1S/C21H32O7/c1-11(10-27-20-19(26)18(25)17(24)16(9-22)28-20)14-8-21(3)12(2)5-4-6-13(21)7-15(14)23/h7,10,12,14,16-20,22,24-26H,4-6,8-9H2,1-3H3/t12-,14+,16+,17+,18-,19+,20+,21+/m0/s1. The molecule has 0 spiro atoms. The van der Waals surface area contributed by atoms with Gasteiger partial charge in [0.25, 0.3) is 0 Å². The summed E-state index contributed by atoms with van der Waals surface area (Å²) < 4.78 is 10.9. The Labute approximate surface area is 165 Å². The molecule has 3 aliphatic rings. The van der Waals surface area contributed by atoms with Gasteiger partial charge in [-0.05, 0) is 55.6 Å². The van der Waals surface area contributed by atoms with Crippen LogP contribution in [-0.4, -0.2) is 63.5 Å². The van der Waals surface area contributed by atoms with Crippen LogP contribution in [-0.2, 0) is 14.3 Å². The number of aliphatic hydroxyl groups is 4. The van der Waals surface area contributed by atoms with E-state index in [1.54, 1.807) is 6.08 Å². The van der Waals surface area contributed by atoms with Crippen molar-refractivity contribution in [3.05, 3.63) is 23.5 Å². The van der Waals surface area contributed by atoms with Gasteiger partial charge in [-0.3, -0.25) is 4.79 Å². The molecule has 1 saturated heterocycles. The Morgan fingerprint density at radius 3 is 2.71 bits per heavy atom. The van der Waals surface area contributed by atoms with Crippen LogP contribution in [0.15, 0.2) is 23.5 Å². The normalized spacial score (nSPS) is 44.7. The minimum absolute atomic E-state index is 0.00489. The zero-order valence-corrected chi connectivity index (χ0v) is 16.7. The molecular formula is C21H32O7. The van der Waals surface area contributed by atoms with Gasteiger partial charge >= 0.3 is 0 Å². The Balaban J connectivity index is 1.73. The Kier molecular flexibility index (Phi) is 6.32. The number of aliphatic hydroxyl groups excluding tert-OH is 4. The molecule has 2 aliphatic carbocycles. The fourth-order valence-corrected chi connectivity index (χ4v) is 4.71. The first-order chi connectivity index (χ1) is 13.2. The molecule has 3 rings (SSSR count). The Morgan fingerprint density at radius 2 is 2.04 bits per heavy atom. The number of fused-ring (bicyclic) bond motifs is 1. The van der Waals surface area contributed by atoms with Crippen LogP contribution in [0.25, 0.3) is 0 Å². The van der Waals surface area contributed by atoms with Crippen LogP contribution >= 0.6 is 0 Å². The summed E-state index contributed by atoms with van der Waals surface area (Å²) >= 11 is 0. The van der Waals surface area contributed by atoms with E-state index < -0.39 is 37.3 Å². The fourth-order valence-electron chi connectivity index (χ4n) is 4.71. The van der Waals surface area contributed by atoms with Crippen LogP contribution in [0.2, 0.25) is 0 Å². The zero-order valence-electron chi connectivity index (χ0n) is 16.7. The third-order valence-electron chi connectivity index (χ3n) is 6.98. The van der Waals surface area contributed by atoms with Gasteiger partial charge in [0.15, 0.2) is 5.78 Å². The van der Waals surface area contributed by atoms with E-state index >= 15 is 0 Å². The van der Waals surface area contributed by atoms with Crippen molar-refractivity contribution >= 4 is 5.78 Å². The Morgan fingerprint density at radius 1 is 1.32 bits per heavy atom.